The molecule has 1 atom stereocenters. The third-order valence-corrected chi connectivity index (χ3v) is 4.42. The Morgan fingerprint density at radius 3 is 2.67 bits per heavy atom. The van der Waals surface area contributed by atoms with Crippen LogP contribution < -0.4 is 5.43 Å². The molecule has 0 spiro atoms. The van der Waals surface area contributed by atoms with E-state index in [4.69, 9.17) is 5.26 Å². The Morgan fingerprint density at radius 2 is 2.08 bits per heavy atom. The maximum absolute atomic E-state index is 11.1. The zero-order chi connectivity index (χ0) is 16.9. The fraction of sp³-hybridized carbons (Fsp3) is 0.389. The van der Waals surface area contributed by atoms with Crippen molar-refractivity contribution in [2.75, 3.05) is 19.6 Å². The van der Waals surface area contributed by atoms with E-state index in [1.54, 1.807) is 24.3 Å². The summed E-state index contributed by atoms with van der Waals surface area (Å²) < 4.78 is 0. The van der Waals surface area contributed by atoms with Crippen molar-refractivity contribution in [2.24, 2.45) is 5.10 Å². The van der Waals surface area contributed by atoms with Crippen molar-refractivity contribution in [2.45, 2.75) is 25.4 Å². The maximum atomic E-state index is 11.1. The number of aliphatic hydroxyl groups excluding tert-OH is 1. The van der Waals surface area contributed by atoms with Gasteiger partial charge in [0, 0.05) is 32.5 Å². The number of nitriles is 1. The number of carbonyl (C=O) groups is 1. The summed E-state index contributed by atoms with van der Waals surface area (Å²) in [5.41, 5.74) is 6.12. The SMILES string of the molecule is N#Cc1ccc([C@H](O)CN2CC=C(C3=NNC(=O)CC3)CC2)cc1. The number of nitrogens with one attached hydrogen (secondary N) is 1. The molecule has 124 valence electrons. The molecule has 2 aliphatic heterocycles. The third kappa shape index (κ3) is 3.88. The van der Waals surface area contributed by atoms with Gasteiger partial charge < -0.3 is 5.11 Å². The second-order valence-corrected chi connectivity index (χ2v) is 6.08. The topological polar surface area (TPSA) is 88.7 Å². The van der Waals surface area contributed by atoms with E-state index in [0.29, 0.717) is 24.9 Å². The summed E-state index contributed by atoms with van der Waals surface area (Å²) in [6, 6.07) is 9.12. The number of hydrogen-bond acceptors (Lipinski definition) is 5. The monoisotopic (exact) mass is 324 g/mol. The van der Waals surface area contributed by atoms with Gasteiger partial charge in [0.25, 0.3) is 0 Å². The lowest BCUT2D eigenvalue weighted by Gasteiger charge is -2.29. The van der Waals surface area contributed by atoms with Crippen molar-refractivity contribution in [3.63, 3.8) is 0 Å². The van der Waals surface area contributed by atoms with Crippen LogP contribution in [-0.4, -0.2) is 41.3 Å². The van der Waals surface area contributed by atoms with Crippen LogP contribution in [0.4, 0.5) is 0 Å². The van der Waals surface area contributed by atoms with Crippen LogP contribution in [-0.2, 0) is 4.79 Å². The first kappa shape index (κ1) is 16.4. The van der Waals surface area contributed by atoms with E-state index in [0.717, 1.165) is 30.8 Å². The Morgan fingerprint density at radius 1 is 1.29 bits per heavy atom. The average molecular weight is 324 g/mol. The molecular weight excluding hydrogens is 304 g/mol. The molecule has 6 heteroatoms. The van der Waals surface area contributed by atoms with Crippen LogP contribution in [0.1, 0.15) is 36.5 Å². The number of carbonyl (C=O) groups excluding carboxylic acids is 1. The smallest absolute Gasteiger partial charge is 0.240 e. The molecule has 0 radical (unpaired) electrons. The van der Waals surface area contributed by atoms with Crippen LogP contribution >= 0.6 is 0 Å². The van der Waals surface area contributed by atoms with Gasteiger partial charge in [-0.3, -0.25) is 9.69 Å². The van der Waals surface area contributed by atoms with Gasteiger partial charge >= 0.3 is 0 Å². The minimum atomic E-state index is -0.570. The number of rotatable bonds is 4. The van der Waals surface area contributed by atoms with Gasteiger partial charge in [0.1, 0.15) is 0 Å². The van der Waals surface area contributed by atoms with Crippen LogP contribution in [0.15, 0.2) is 41.0 Å². The van der Waals surface area contributed by atoms with Gasteiger partial charge in [-0.1, -0.05) is 18.2 Å². The fourth-order valence-corrected chi connectivity index (χ4v) is 2.97. The van der Waals surface area contributed by atoms with Crippen LogP contribution in [0.3, 0.4) is 0 Å². The highest BCUT2D eigenvalue weighted by Crippen LogP contribution is 2.20. The lowest BCUT2D eigenvalue weighted by atomic mass is 9.98. The molecule has 3 rings (SSSR count). The van der Waals surface area contributed by atoms with E-state index in [1.165, 1.54) is 5.57 Å². The van der Waals surface area contributed by atoms with E-state index in [-0.39, 0.29) is 5.91 Å². The minimum Gasteiger partial charge on any atom is -0.387 e. The number of nitrogens with zero attached hydrogens (tertiary/aromatic N) is 3. The van der Waals surface area contributed by atoms with E-state index in [9.17, 15) is 9.90 Å². The minimum absolute atomic E-state index is 0.0256. The second-order valence-electron chi connectivity index (χ2n) is 6.08. The third-order valence-electron chi connectivity index (χ3n) is 4.42. The van der Waals surface area contributed by atoms with Crippen molar-refractivity contribution in [3.8, 4) is 6.07 Å². The second kappa shape index (κ2) is 7.39. The van der Waals surface area contributed by atoms with Crippen LogP contribution in [0, 0.1) is 11.3 Å². The first-order valence-electron chi connectivity index (χ1n) is 8.11. The van der Waals surface area contributed by atoms with Gasteiger partial charge in [-0.25, -0.2) is 5.43 Å². The molecule has 0 saturated heterocycles. The number of amides is 1. The first-order valence-corrected chi connectivity index (χ1v) is 8.11. The van der Waals surface area contributed by atoms with Crippen molar-refractivity contribution < 1.29 is 9.90 Å². The molecule has 0 fully saturated rings. The quantitative estimate of drug-likeness (QED) is 0.878. The largest absolute Gasteiger partial charge is 0.387 e. The standard InChI is InChI=1S/C18H20N4O2/c19-11-13-1-3-15(4-2-13)17(23)12-22-9-7-14(8-10-22)16-5-6-18(24)21-20-16/h1-4,7,17,23H,5-6,8-10,12H2,(H,21,24)/t17-/m1/s1. The van der Waals surface area contributed by atoms with Crippen LogP contribution in [0.2, 0.25) is 0 Å². The molecule has 0 aromatic heterocycles. The number of β-amino-alcohol motifs (C(OH)–C–C–N with tert-alkyl or cyclic N) is 1. The Hall–Kier alpha value is -2.49. The number of hydrazone groups is 1. The Labute approximate surface area is 141 Å². The molecular formula is C18H20N4O2. The van der Waals surface area contributed by atoms with E-state index >= 15 is 0 Å². The van der Waals surface area contributed by atoms with Gasteiger partial charge in [-0.15, -0.1) is 0 Å². The van der Waals surface area contributed by atoms with E-state index in [1.807, 2.05) is 0 Å². The van der Waals surface area contributed by atoms with E-state index < -0.39 is 6.10 Å². The summed E-state index contributed by atoms with van der Waals surface area (Å²) in [6.45, 7) is 2.17. The summed E-state index contributed by atoms with van der Waals surface area (Å²) in [5, 5.41) is 23.3. The van der Waals surface area contributed by atoms with Gasteiger partial charge in [0.15, 0.2) is 0 Å². The molecule has 2 heterocycles. The predicted molar refractivity (Wildman–Crippen MR) is 90.1 cm³/mol. The van der Waals surface area contributed by atoms with Crippen LogP contribution in [0.5, 0.6) is 0 Å². The van der Waals surface area contributed by atoms with Gasteiger partial charge in [-0.05, 0) is 29.7 Å². The number of benzene rings is 1. The Kier molecular flexibility index (Phi) is 5.04. The molecule has 0 aliphatic carbocycles. The molecule has 0 saturated carbocycles. The number of aliphatic hydroxyl groups is 1. The Bertz CT molecular complexity index is 716. The molecule has 6 nitrogen and oxygen atoms in total. The van der Waals surface area contributed by atoms with Gasteiger partial charge in [0.2, 0.25) is 5.91 Å². The summed E-state index contributed by atoms with van der Waals surface area (Å²) >= 11 is 0. The lowest BCUT2D eigenvalue weighted by molar-refractivity contribution is -0.121. The average Bonchev–Trinajstić information content (AvgIpc) is 2.63. The highest BCUT2D eigenvalue weighted by molar-refractivity contribution is 6.03. The molecule has 2 N–H and O–H groups in total. The van der Waals surface area contributed by atoms with Crippen molar-refractivity contribution in [1.29, 1.82) is 5.26 Å². The normalized spacial score (nSPS) is 19.8. The molecule has 1 aromatic carbocycles. The summed E-state index contributed by atoms with van der Waals surface area (Å²) in [5.74, 6) is -0.0256. The predicted octanol–water partition coefficient (Wildman–Crippen LogP) is 1.49. The lowest BCUT2D eigenvalue weighted by Crippen LogP contribution is -2.35. The summed E-state index contributed by atoms with van der Waals surface area (Å²) in [7, 11) is 0. The van der Waals surface area contributed by atoms with Crippen molar-refractivity contribution in [1.82, 2.24) is 10.3 Å². The fourth-order valence-electron chi connectivity index (χ4n) is 2.97. The Balaban J connectivity index is 1.56. The molecule has 1 aromatic rings. The first-order chi connectivity index (χ1) is 11.7. The molecule has 2 aliphatic rings. The zero-order valence-electron chi connectivity index (χ0n) is 13.4. The molecule has 24 heavy (non-hydrogen) atoms. The highest BCUT2D eigenvalue weighted by atomic mass is 16.3. The highest BCUT2D eigenvalue weighted by Gasteiger charge is 2.21. The van der Waals surface area contributed by atoms with Gasteiger partial charge in [0.05, 0.1) is 23.4 Å². The summed E-state index contributed by atoms with van der Waals surface area (Å²) in [6.07, 6.45) is 3.63. The number of hydrogen-bond donors (Lipinski definition) is 2. The molecule has 0 unspecified atom stereocenters. The molecule has 1 amide bonds. The zero-order valence-corrected chi connectivity index (χ0v) is 13.4. The maximum Gasteiger partial charge on any atom is 0.240 e. The summed E-state index contributed by atoms with van der Waals surface area (Å²) in [4.78, 5) is 13.3. The van der Waals surface area contributed by atoms with Crippen molar-refractivity contribution in [3.05, 3.63) is 47.0 Å². The van der Waals surface area contributed by atoms with Gasteiger partial charge in [-0.2, -0.15) is 10.4 Å². The van der Waals surface area contributed by atoms with Crippen LogP contribution in [0.25, 0.3) is 0 Å². The van der Waals surface area contributed by atoms with Crippen molar-refractivity contribution >= 4 is 11.6 Å². The molecule has 0 bridgehead atoms. The van der Waals surface area contributed by atoms with E-state index in [2.05, 4.69) is 27.6 Å².